The van der Waals surface area contributed by atoms with Crippen molar-refractivity contribution in [1.82, 2.24) is 0 Å². The van der Waals surface area contributed by atoms with Crippen molar-refractivity contribution in [2.24, 2.45) is 39.9 Å². The minimum absolute atomic E-state index is 0.00131. The van der Waals surface area contributed by atoms with Crippen LogP contribution in [0.3, 0.4) is 0 Å². The zero-order valence-electron chi connectivity index (χ0n) is 22.5. The predicted molar refractivity (Wildman–Crippen MR) is 134 cm³/mol. The molecule has 0 aliphatic heterocycles. The molecule has 0 heterocycles. The van der Waals surface area contributed by atoms with Crippen molar-refractivity contribution < 1.29 is 34.8 Å². The molecule has 0 aromatic rings. The van der Waals surface area contributed by atoms with E-state index < -0.39 is 57.3 Å². The Hall–Kier alpha value is -1.67. The van der Waals surface area contributed by atoms with Crippen LogP contribution in [0.25, 0.3) is 0 Å². The van der Waals surface area contributed by atoms with Gasteiger partial charge in [-0.3, -0.25) is 14.4 Å². The Bertz CT molecular complexity index is 1040. The van der Waals surface area contributed by atoms with Crippen LogP contribution in [0.15, 0.2) is 23.8 Å². The lowest BCUT2D eigenvalue weighted by Gasteiger charge is -2.59. The maximum absolute atomic E-state index is 14.0. The number of ketones is 3. The van der Waals surface area contributed by atoms with E-state index in [-0.39, 0.29) is 36.2 Å². The molecule has 7 nitrogen and oxygen atoms in total. The average Bonchev–Trinajstić information content (AvgIpc) is 2.99. The fourth-order valence-electron chi connectivity index (χ4n) is 8.85. The minimum Gasteiger partial charge on any atom is -0.393 e. The summed E-state index contributed by atoms with van der Waals surface area (Å²) in [5.41, 5.74) is -4.58. The van der Waals surface area contributed by atoms with Crippen molar-refractivity contribution >= 4 is 17.3 Å². The first-order valence-corrected chi connectivity index (χ1v) is 13.1. The van der Waals surface area contributed by atoms with Crippen LogP contribution < -0.4 is 0 Å². The Morgan fingerprint density at radius 3 is 2.28 bits per heavy atom. The van der Waals surface area contributed by atoms with Crippen LogP contribution in [0.1, 0.15) is 74.1 Å². The highest BCUT2D eigenvalue weighted by Gasteiger charge is 2.69. The molecule has 0 aromatic carbocycles. The van der Waals surface area contributed by atoms with Gasteiger partial charge in [0.25, 0.3) is 0 Å². The molecule has 0 radical (unpaired) electrons. The van der Waals surface area contributed by atoms with Crippen molar-refractivity contribution in [1.29, 1.82) is 0 Å². The van der Waals surface area contributed by atoms with E-state index in [2.05, 4.69) is 6.08 Å². The number of carbonyl (C=O) groups excluding carboxylic acids is 3. The van der Waals surface area contributed by atoms with E-state index in [9.17, 15) is 34.8 Å². The SMILES string of the molecule is CC(C)(O)C=CC(=O)C(C)(O)C1C(O)CC2C3CC=C4C(C)(C)C(=O)C(O)CC4(C)C3C(=O)CC21C. The Labute approximate surface area is 213 Å². The van der Waals surface area contributed by atoms with E-state index in [1.54, 1.807) is 0 Å². The van der Waals surface area contributed by atoms with Crippen LogP contribution in [-0.4, -0.2) is 61.2 Å². The lowest BCUT2D eigenvalue weighted by molar-refractivity contribution is -0.164. The van der Waals surface area contributed by atoms with Gasteiger partial charge < -0.3 is 20.4 Å². The second-order valence-corrected chi connectivity index (χ2v) is 13.7. The molecule has 3 saturated carbocycles. The zero-order valence-corrected chi connectivity index (χ0v) is 22.5. The van der Waals surface area contributed by atoms with Gasteiger partial charge in [-0.15, -0.1) is 0 Å². The highest BCUT2D eigenvalue weighted by molar-refractivity contribution is 5.97. The fourth-order valence-corrected chi connectivity index (χ4v) is 8.85. The molecule has 3 fully saturated rings. The van der Waals surface area contributed by atoms with Crippen LogP contribution >= 0.6 is 0 Å². The van der Waals surface area contributed by atoms with E-state index in [0.717, 1.165) is 11.6 Å². The molecule has 9 atom stereocenters. The largest absolute Gasteiger partial charge is 0.393 e. The van der Waals surface area contributed by atoms with Gasteiger partial charge in [-0.2, -0.15) is 0 Å². The molecule has 4 aliphatic carbocycles. The summed E-state index contributed by atoms with van der Waals surface area (Å²) in [6, 6.07) is 0. The fraction of sp³-hybridized carbons (Fsp3) is 0.759. The Balaban J connectivity index is 1.74. The van der Waals surface area contributed by atoms with Gasteiger partial charge in [-0.25, -0.2) is 0 Å². The number of hydrogen-bond acceptors (Lipinski definition) is 7. The second kappa shape index (κ2) is 8.16. The summed E-state index contributed by atoms with van der Waals surface area (Å²) in [6.45, 7) is 12.0. The smallest absolute Gasteiger partial charge is 0.187 e. The van der Waals surface area contributed by atoms with Crippen molar-refractivity contribution in [2.45, 2.75) is 97.6 Å². The number of aliphatic hydroxyl groups is 4. The molecule has 7 heteroatoms. The topological polar surface area (TPSA) is 132 Å². The van der Waals surface area contributed by atoms with Gasteiger partial charge in [0.1, 0.15) is 17.5 Å². The molecule has 0 bridgehead atoms. The number of carbonyl (C=O) groups is 3. The molecule has 0 saturated heterocycles. The molecule has 0 aromatic heterocycles. The molecular weight excluding hydrogens is 460 g/mol. The Morgan fingerprint density at radius 1 is 1.08 bits per heavy atom. The second-order valence-electron chi connectivity index (χ2n) is 13.7. The third-order valence-electron chi connectivity index (χ3n) is 10.1. The quantitative estimate of drug-likeness (QED) is 0.343. The molecule has 9 unspecified atom stereocenters. The molecule has 36 heavy (non-hydrogen) atoms. The van der Waals surface area contributed by atoms with E-state index in [0.29, 0.717) is 12.8 Å². The first kappa shape index (κ1) is 27.4. The van der Waals surface area contributed by atoms with Crippen LogP contribution in [0.5, 0.6) is 0 Å². The van der Waals surface area contributed by atoms with Gasteiger partial charge in [0, 0.05) is 29.1 Å². The first-order valence-electron chi connectivity index (χ1n) is 13.1. The molecule has 200 valence electrons. The van der Waals surface area contributed by atoms with Gasteiger partial charge in [0.2, 0.25) is 0 Å². The summed E-state index contributed by atoms with van der Waals surface area (Å²) < 4.78 is 0. The summed E-state index contributed by atoms with van der Waals surface area (Å²) in [5.74, 6) is -2.34. The normalized spacial score (nSPS) is 43.9. The van der Waals surface area contributed by atoms with Gasteiger partial charge in [0.05, 0.1) is 11.7 Å². The number of Topliss-reactive ketones (excluding diaryl/α,β-unsaturated/α-hetero) is 2. The molecule has 4 N–H and O–H groups in total. The van der Waals surface area contributed by atoms with Crippen molar-refractivity contribution in [3.05, 3.63) is 23.8 Å². The zero-order chi connectivity index (χ0) is 27.2. The van der Waals surface area contributed by atoms with E-state index in [1.165, 1.54) is 26.8 Å². The van der Waals surface area contributed by atoms with Gasteiger partial charge in [-0.05, 0) is 77.2 Å². The van der Waals surface area contributed by atoms with Crippen LogP contribution in [-0.2, 0) is 14.4 Å². The number of fused-ring (bicyclic) bond motifs is 5. The molecule has 4 rings (SSSR count). The number of rotatable bonds is 4. The van der Waals surface area contributed by atoms with Gasteiger partial charge in [-0.1, -0.05) is 31.6 Å². The van der Waals surface area contributed by atoms with E-state index in [1.807, 2.05) is 27.7 Å². The lowest BCUT2D eigenvalue weighted by atomic mass is 9.43. The van der Waals surface area contributed by atoms with Crippen molar-refractivity contribution in [3.63, 3.8) is 0 Å². The van der Waals surface area contributed by atoms with E-state index in [4.69, 9.17) is 0 Å². The standard InChI is InChI=1S/C29H42O7/c1-25(2,35)11-10-21(33)29(7,36)23-17(30)12-16-15-8-9-20-26(3,4)24(34)19(32)14-28(20,6)22(15)18(31)13-27(16,23)5/h9-11,15-17,19,22-23,30,32,35-36H,8,12-14H2,1-7H3. The maximum atomic E-state index is 14.0. The predicted octanol–water partition coefficient (Wildman–Crippen LogP) is 2.54. The first-order chi connectivity index (χ1) is 16.3. The Morgan fingerprint density at radius 2 is 1.69 bits per heavy atom. The molecular formula is C29H42O7. The van der Waals surface area contributed by atoms with Crippen LogP contribution in [0, 0.1) is 39.9 Å². The number of aliphatic hydroxyl groups excluding tert-OH is 2. The van der Waals surface area contributed by atoms with Crippen LogP contribution in [0.4, 0.5) is 0 Å². The molecule has 4 aliphatic rings. The van der Waals surface area contributed by atoms with E-state index >= 15 is 0 Å². The molecule has 0 spiro atoms. The van der Waals surface area contributed by atoms with Gasteiger partial charge >= 0.3 is 0 Å². The minimum atomic E-state index is -1.92. The highest BCUT2D eigenvalue weighted by atomic mass is 16.3. The highest BCUT2D eigenvalue weighted by Crippen LogP contribution is 2.67. The van der Waals surface area contributed by atoms with Gasteiger partial charge in [0.15, 0.2) is 11.6 Å². The summed E-state index contributed by atoms with van der Waals surface area (Å²) in [5, 5.41) is 43.4. The molecule has 0 amide bonds. The summed E-state index contributed by atoms with van der Waals surface area (Å²) in [4.78, 5) is 39.8. The number of hydrogen-bond donors (Lipinski definition) is 4. The Kier molecular flexibility index (Phi) is 6.21. The maximum Gasteiger partial charge on any atom is 0.187 e. The summed E-state index contributed by atoms with van der Waals surface area (Å²) >= 11 is 0. The third kappa shape index (κ3) is 3.80. The summed E-state index contributed by atoms with van der Waals surface area (Å²) in [6.07, 6.45) is 3.67. The van der Waals surface area contributed by atoms with Crippen molar-refractivity contribution in [3.8, 4) is 0 Å². The van der Waals surface area contributed by atoms with Crippen molar-refractivity contribution in [2.75, 3.05) is 0 Å². The third-order valence-corrected chi connectivity index (χ3v) is 10.1. The number of allylic oxidation sites excluding steroid dienone is 2. The average molecular weight is 503 g/mol. The lowest BCUT2D eigenvalue weighted by Crippen LogP contribution is -2.61. The van der Waals surface area contributed by atoms with Crippen LogP contribution in [0.2, 0.25) is 0 Å². The summed E-state index contributed by atoms with van der Waals surface area (Å²) in [7, 11) is 0. The monoisotopic (exact) mass is 502 g/mol.